The minimum absolute atomic E-state index is 0.387. The Morgan fingerprint density at radius 3 is 1.09 bits per heavy atom. The summed E-state index contributed by atoms with van der Waals surface area (Å²) in [5.74, 6) is 0. The molecule has 0 aromatic rings. The highest BCUT2D eigenvalue weighted by Gasteiger charge is 2.63. The Morgan fingerprint density at radius 1 is 0.682 bits per heavy atom. The Bertz CT molecular complexity index is 556. The summed E-state index contributed by atoms with van der Waals surface area (Å²) < 4.78 is 55.9. The van der Waals surface area contributed by atoms with E-state index in [1.54, 1.807) is 0 Å². The summed E-state index contributed by atoms with van der Waals surface area (Å²) >= 11 is 0. The summed E-state index contributed by atoms with van der Waals surface area (Å²) in [7, 11) is -1.37. The van der Waals surface area contributed by atoms with Gasteiger partial charge in [0.1, 0.15) is 0 Å². The lowest BCUT2D eigenvalue weighted by Crippen LogP contribution is -2.78. The number of nitrogens with zero attached hydrogens (tertiary/aromatic N) is 2. The Labute approximate surface area is 134 Å². The molecule has 0 heterocycles. The molecule has 0 aromatic heterocycles. The second kappa shape index (κ2) is 5.67. The summed E-state index contributed by atoms with van der Waals surface area (Å²) in [4.78, 5) is 0. The highest BCUT2D eigenvalue weighted by molar-refractivity contribution is 7.87. The molecule has 0 spiro atoms. The molecule has 10 heteroatoms. The highest BCUT2D eigenvalue weighted by Crippen LogP contribution is 2.54. The van der Waals surface area contributed by atoms with Gasteiger partial charge in [-0.1, -0.05) is 27.7 Å². The third kappa shape index (κ3) is 3.31. The highest BCUT2D eigenvalue weighted by atomic mass is 32.2. The largest absolute Gasteiger partial charge is 0.279 e. The van der Waals surface area contributed by atoms with Crippen molar-refractivity contribution in [2.24, 2.45) is 10.8 Å². The lowest BCUT2D eigenvalue weighted by molar-refractivity contribution is -0.0693. The molecule has 1 fully saturated rings. The van der Waals surface area contributed by atoms with Crippen molar-refractivity contribution in [3.8, 4) is 0 Å². The van der Waals surface area contributed by atoms with E-state index in [9.17, 15) is 16.8 Å². The van der Waals surface area contributed by atoms with Gasteiger partial charge in [0.2, 0.25) is 0 Å². The quantitative estimate of drug-likeness (QED) is 0.675. The molecule has 0 amide bonds. The van der Waals surface area contributed by atoms with Crippen molar-refractivity contribution in [3.05, 3.63) is 0 Å². The summed E-state index contributed by atoms with van der Waals surface area (Å²) in [6, 6.07) is -0.774. The molecule has 0 unspecified atom stereocenters. The Hall–Kier alpha value is -0.260. The summed E-state index contributed by atoms with van der Waals surface area (Å²) in [6.07, 6.45) is 0. The van der Waals surface area contributed by atoms with E-state index >= 15 is 0 Å². The molecule has 1 aliphatic rings. The van der Waals surface area contributed by atoms with Crippen LogP contribution in [0.2, 0.25) is 0 Å². The number of hydrogen-bond donors (Lipinski definition) is 2. The average Bonchev–Trinajstić information content (AvgIpc) is 2.32. The van der Waals surface area contributed by atoms with E-state index in [2.05, 4.69) is 9.44 Å². The molecular weight excluding hydrogens is 328 g/mol. The van der Waals surface area contributed by atoms with Gasteiger partial charge in [-0.3, -0.25) is 0 Å². The smallest absolute Gasteiger partial charge is 0.198 e. The Morgan fingerprint density at radius 2 is 0.909 bits per heavy atom. The van der Waals surface area contributed by atoms with E-state index in [0.29, 0.717) is 0 Å². The van der Waals surface area contributed by atoms with Crippen LogP contribution in [-0.2, 0) is 20.4 Å². The molecule has 0 bridgehead atoms. The van der Waals surface area contributed by atoms with Crippen LogP contribution in [0.5, 0.6) is 0 Å². The number of nitrogens with one attached hydrogen (secondary N) is 2. The summed E-state index contributed by atoms with van der Waals surface area (Å²) in [6.45, 7) is 7.40. The fourth-order valence-corrected chi connectivity index (χ4v) is 5.50. The van der Waals surface area contributed by atoms with E-state index in [0.717, 1.165) is 8.61 Å². The monoisotopic (exact) mass is 356 g/mol. The van der Waals surface area contributed by atoms with Crippen molar-refractivity contribution in [1.82, 2.24) is 18.1 Å². The maximum atomic E-state index is 12.1. The molecular formula is C12H28N4O4S2. The van der Waals surface area contributed by atoms with Crippen molar-refractivity contribution < 1.29 is 16.8 Å². The molecule has 0 aromatic carbocycles. The first-order valence-electron chi connectivity index (χ1n) is 6.96. The van der Waals surface area contributed by atoms with Crippen molar-refractivity contribution in [3.63, 3.8) is 0 Å². The van der Waals surface area contributed by atoms with Gasteiger partial charge < -0.3 is 0 Å². The van der Waals surface area contributed by atoms with E-state index in [4.69, 9.17) is 0 Å². The van der Waals surface area contributed by atoms with Gasteiger partial charge in [0.15, 0.2) is 0 Å². The second-order valence-corrected chi connectivity index (χ2v) is 11.2. The van der Waals surface area contributed by atoms with Gasteiger partial charge in [-0.25, -0.2) is 0 Å². The van der Waals surface area contributed by atoms with Gasteiger partial charge in [-0.05, 0) is 10.8 Å². The molecule has 22 heavy (non-hydrogen) atoms. The topological polar surface area (TPSA) is 98.8 Å². The van der Waals surface area contributed by atoms with Crippen LogP contribution in [0.4, 0.5) is 0 Å². The van der Waals surface area contributed by atoms with E-state index in [1.165, 1.54) is 28.2 Å². The van der Waals surface area contributed by atoms with E-state index in [1.807, 2.05) is 27.7 Å². The normalized spacial score (nSPS) is 27.9. The predicted molar refractivity (Wildman–Crippen MR) is 86.6 cm³/mol. The van der Waals surface area contributed by atoms with Crippen molar-refractivity contribution in [1.29, 1.82) is 0 Å². The van der Waals surface area contributed by atoms with Crippen LogP contribution in [0.1, 0.15) is 27.7 Å². The van der Waals surface area contributed by atoms with Crippen LogP contribution in [0.15, 0.2) is 0 Å². The molecule has 0 aliphatic heterocycles. The first-order valence-corrected chi connectivity index (χ1v) is 9.84. The zero-order valence-corrected chi connectivity index (χ0v) is 16.1. The first kappa shape index (κ1) is 19.8. The fraction of sp³-hybridized carbons (Fsp3) is 1.00. The standard InChI is InChI=1S/C12H28N4O4S2/c1-11(2)9(13-21(17,18)15(5)6)12(3,4)10(11)14-22(19,20)16(7)8/h9-10,13-14H,1-8H3. The minimum atomic E-state index is -3.59. The van der Waals surface area contributed by atoms with Crippen LogP contribution in [0.25, 0.3) is 0 Å². The molecule has 2 N–H and O–H groups in total. The molecule has 8 nitrogen and oxygen atoms in total. The van der Waals surface area contributed by atoms with E-state index < -0.39 is 31.2 Å². The predicted octanol–water partition coefficient (Wildman–Crippen LogP) is -0.418. The average molecular weight is 357 g/mol. The third-order valence-electron chi connectivity index (χ3n) is 4.47. The van der Waals surface area contributed by atoms with E-state index in [-0.39, 0.29) is 12.1 Å². The molecule has 1 rings (SSSR count). The maximum absolute atomic E-state index is 12.1. The first-order chi connectivity index (χ1) is 9.57. The molecule has 1 aliphatic carbocycles. The second-order valence-electron chi connectivity index (χ2n) is 7.32. The summed E-state index contributed by atoms with van der Waals surface area (Å²) in [5, 5.41) is 0. The Kier molecular flexibility index (Phi) is 5.10. The zero-order chi connectivity index (χ0) is 17.7. The van der Waals surface area contributed by atoms with Gasteiger partial charge in [-0.15, -0.1) is 0 Å². The lowest BCUT2D eigenvalue weighted by atomic mass is 9.49. The van der Waals surface area contributed by atoms with Gasteiger partial charge in [0.05, 0.1) is 0 Å². The summed E-state index contributed by atoms with van der Waals surface area (Å²) in [5.41, 5.74) is -1.12. The van der Waals surface area contributed by atoms with Crippen LogP contribution in [-0.4, -0.2) is 65.7 Å². The minimum Gasteiger partial charge on any atom is -0.198 e. The molecule has 0 saturated heterocycles. The number of rotatable bonds is 6. The molecule has 0 radical (unpaired) electrons. The number of hydrogen-bond acceptors (Lipinski definition) is 4. The van der Waals surface area contributed by atoms with Gasteiger partial charge in [-0.2, -0.15) is 34.9 Å². The molecule has 0 atom stereocenters. The SMILES string of the molecule is CN(C)S(=O)(=O)NC1C(C)(C)C(NS(=O)(=O)N(C)C)C1(C)C. The van der Waals surface area contributed by atoms with Gasteiger partial charge in [0.25, 0.3) is 20.4 Å². The van der Waals surface area contributed by atoms with Crippen molar-refractivity contribution in [2.75, 3.05) is 28.2 Å². The lowest BCUT2D eigenvalue weighted by Gasteiger charge is -2.63. The maximum Gasteiger partial charge on any atom is 0.279 e. The van der Waals surface area contributed by atoms with Gasteiger partial charge >= 0.3 is 0 Å². The Balaban J connectivity index is 3.06. The van der Waals surface area contributed by atoms with Crippen LogP contribution < -0.4 is 9.44 Å². The zero-order valence-electron chi connectivity index (χ0n) is 14.5. The van der Waals surface area contributed by atoms with Crippen LogP contribution in [0, 0.1) is 10.8 Å². The van der Waals surface area contributed by atoms with Crippen LogP contribution in [0.3, 0.4) is 0 Å². The van der Waals surface area contributed by atoms with Crippen molar-refractivity contribution in [2.45, 2.75) is 39.8 Å². The van der Waals surface area contributed by atoms with Gasteiger partial charge in [0, 0.05) is 40.3 Å². The molecule has 132 valence electrons. The van der Waals surface area contributed by atoms with Crippen molar-refractivity contribution >= 4 is 20.4 Å². The fourth-order valence-electron chi connectivity index (χ4n) is 3.27. The molecule has 1 saturated carbocycles. The third-order valence-corrected chi connectivity index (χ3v) is 7.46. The van der Waals surface area contributed by atoms with Crippen LogP contribution >= 0.6 is 0 Å².